The molecule has 162 valence electrons. The van der Waals surface area contributed by atoms with E-state index in [-0.39, 0.29) is 34.1 Å². The number of amides is 1. The Balaban J connectivity index is 1.85. The van der Waals surface area contributed by atoms with Crippen molar-refractivity contribution in [1.82, 2.24) is 9.62 Å². The van der Waals surface area contributed by atoms with Crippen molar-refractivity contribution in [3.8, 4) is 0 Å². The predicted molar refractivity (Wildman–Crippen MR) is 123 cm³/mol. The molecular weight excluding hydrogens is 455 g/mol. The molecular formula is C23H22Cl2N2O3S. The summed E-state index contributed by atoms with van der Waals surface area (Å²) in [7, 11) is -4.00. The van der Waals surface area contributed by atoms with E-state index in [1.54, 1.807) is 0 Å². The highest BCUT2D eigenvalue weighted by Gasteiger charge is 2.28. The van der Waals surface area contributed by atoms with Gasteiger partial charge in [-0.1, -0.05) is 83.9 Å². The van der Waals surface area contributed by atoms with Crippen LogP contribution in [0.2, 0.25) is 10.0 Å². The lowest BCUT2D eigenvalue weighted by Crippen LogP contribution is -2.41. The van der Waals surface area contributed by atoms with Gasteiger partial charge in [0.2, 0.25) is 15.9 Å². The molecule has 3 aromatic carbocycles. The summed E-state index contributed by atoms with van der Waals surface area (Å²) in [6.45, 7) is 1.55. The van der Waals surface area contributed by atoms with Gasteiger partial charge in [0.25, 0.3) is 0 Å². The average Bonchev–Trinajstić information content (AvgIpc) is 2.76. The van der Waals surface area contributed by atoms with Crippen LogP contribution in [-0.2, 0) is 21.4 Å². The first-order valence-corrected chi connectivity index (χ1v) is 11.8. The largest absolute Gasteiger partial charge is 0.348 e. The van der Waals surface area contributed by atoms with Gasteiger partial charge in [0.1, 0.15) is 0 Å². The molecule has 0 unspecified atom stereocenters. The minimum absolute atomic E-state index is 0.0262. The Morgan fingerprint density at radius 2 is 1.55 bits per heavy atom. The molecule has 0 aliphatic carbocycles. The highest BCUT2D eigenvalue weighted by molar-refractivity contribution is 7.89. The van der Waals surface area contributed by atoms with Crippen molar-refractivity contribution < 1.29 is 13.2 Å². The molecule has 0 aliphatic heterocycles. The second-order valence-corrected chi connectivity index (χ2v) is 9.79. The second kappa shape index (κ2) is 10.3. The van der Waals surface area contributed by atoms with E-state index < -0.39 is 15.9 Å². The zero-order valence-corrected chi connectivity index (χ0v) is 19.2. The fourth-order valence-corrected chi connectivity index (χ4v) is 4.85. The first kappa shape index (κ1) is 23.3. The quantitative estimate of drug-likeness (QED) is 0.493. The number of nitrogens with zero attached hydrogens (tertiary/aromatic N) is 1. The lowest BCUT2D eigenvalue weighted by Gasteiger charge is -2.23. The molecule has 3 aromatic rings. The number of hydrogen-bond donors (Lipinski definition) is 1. The van der Waals surface area contributed by atoms with Crippen molar-refractivity contribution in [2.75, 3.05) is 6.54 Å². The van der Waals surface area contributed by atoms with Crippen LogP contribution in [0.1, 0.15) is 24.1 Å². The zero-order valence-electron chi connectivity index (χ0n) is 16.8. The number of halogens is 2. The predicted octanol–water partition coefficient (Wildman–Crippen LogP) is 5.06. The van der Waals surface area contributed by atoms with E-state index in [9.17, 15) is 13.2 Å². The van der Waals surface area contributed by atoms with Gasteiger partial charge in [-0.3, -0.25) is 4.79 Å². The number of benzene rings is 3. The van der Waals surface area contributed by atoms with Crippen LogP contribution in [-0.4, -0.2) is 25.2 Å². The van der Waals surface area contributed by atoms with Crippen LogP contribution in [0.15, 0.2) is 83.8 Å². The molecule has 3 rings (SSSR count). The Morgan fingerprint density at radius 3 is 2.16 bits per heavy atom. The van der Waals surface area contributed by atoms with E-state index >= 15 is 0 Å². The summed E-state index contributed by atoms with van der Waals surface area (Å²) >= 11 is 12.0. The van der Waals surface area contributed by atoms with Gasteiger partial charge in [0, 0.05) is 6.54 Å². The van der Waals surface area contributed by atoms with Gasteiger partial charge in [-0.15, -0.1) is 0 Å². The Labute approximate surface area is 192 Å². The van der Waals surface area contributed by atoms with E-state index in [0.717, 1.165) is 15.4 Å². The molecule has 0 spiro atoms. The van der Waals surface area contributed by atoms with Crippen LogP contribution < -0.4 is 5.32 Å². The SMILES string of the molecule is C[C@@H](NC(=O)CN(Cc1ccccc1)S(=O)(=O)c1ccc(Cl)c(Cl)c1)c1ccccc1. The minimum atomic E-state index is -4.00. The maximum atomic E-state index is 13.3. The van der Waals surface area contributed by atoms with E-state index in [1.165, 1.54) is 18.2 Å². The lowest BCUT2D eigenvalue weighted by molar-refractivity contribution is -0.122. The average molecular weight is 477 g/mol. The minimum Gasteiger partial charge on any atom is -0.348 e. The summed E-state index contributed by atoms with van der Waals surface area (Å²) in [5.41, 5.74) is 1.69. The van der Waals surface area contributed by atoms with Gasteiger partial charge < -0.3 is 5.32 Å². The van der Waals surface area contributed by atoms with Crippen LogP contribution in [0.5, 0.6) is 0 Å². The molecule has 0 bridgehead atoms. The first-order valence-electron chi connectivity index (χ1n) is 9.61. The number of hydrogen-bond acceptors (Lipinski definition) is 3. The monoisotopic (exact) mass is 476 g/mol. The van der Waals surface area contributed by atoms with E-state index in [4.69, 9.17) is 23.2 Å². The van der Waals surface area contributed by atoms with Gasteiger partial charge in [0.15, 0.2) is 0 Å². The number of nitrogens with one attached hydrogen (secondary N) is 1. The number of rotatable bonds is 8. The summed E-state index contributed by atoms with van der Waals surface area (Å²) < 4.78 is 27.8. The van der Waals surface area contributed by atoms with Gasteiger partial charge >= 0.3 is 0 Å². The van der Waals surface area contributed by atoms with Crippen molar-refractivity contribution in [1.29, 1.82) is 0 Å². The number of carbonyl (C=O) groups excluding carboxylic acids is 1. The molecule has 1 N–H and O–H groups in total. The van der Waals surface area contributed by atoms with Crippen LogP contribution in [0.4, 0.5) is 0 Å². The molecule has 1 atom stereocenters. The topological polar surface area (TPSA) is 66.5 Å². The Hall–Kier alpha value is -2.38. The van der Waals surface area contributed by atoms with Crippen LogP contribution >= 0.6 is 23.2 Å². The van der Waals surface area contributed by atoms with E-state index in [0.29, 0.717) is 0 Å². The van der Waals surface area contributed by atoms with Crippen LogP contribution in [0, 0.1) is 0 Å². The summed E-state index contributed by atoms with van der Waals surface area (Å²) in [6, 6.07) is 22.4. The number of sulfonamides is 1. The van der Waals surface area contributed by atoms with Crippen molar-refractivity contribution in [2.45, 2.75) is 24.4 Å². The smallest absolute Gasteiger partial charge is 0.243 e. The Kier molecular flexibility index (Phi) is 7.73. The maximum absolute atomic E-state index is 13.3. The fourth-order valence-electron chi connectivity index (χ4n) is 3.07. The molecule has 5 nitrogen and oxygen atoms in total. The molecule has 0 aliphatic rings. The van der Waals surface area contributed by atoms with Gasteiger partial charge in [-0.05, 0) is 36.2 Å². The molecule has 0 radical (unpaired) electrons. The third kappa shape index (κ3) is 6.08. The molecule has 0 saturated heterocycles. The van der Waals surface area contributed by atoms with Gasteiger partial charge in [-0.25, -0.2) is 8.42 Å². The molecule has 0 fully saturated rings. The highest BCUT2D eigenvalue weighted by Crippen LogP contribution is 2.27. The standard InChI is InChI=1S/C23H22Cl2N2O3S/c1-17(19-10-6-3-7-11-19)26-23(28)16-27(15-18-8-4-2-5-9-18)31(29,30)20-12-13-21(24)22(25)14-20/h2-14,17H,15-16H2,1H3,(H,26,28)/t17-/m1/s1. The van der Waals surface area contributed by atoms with Gasteiger partial charge in [-0.2, -0.15) is 4.31 Å². The summed E-state index contributed by atoms with van der Waals surface area (Å²) in [5.74, 6) is -0.407. The van der Waals surface area contributed by atoms with E-state index in [1.807, 2.05) is 67.6 Å². The molecule has 1 amide bonds. The second-order valence-electron chi connectivity index (χ2n) is 7.03. The highest BCUT2D eigenvalue weighted by atomic mass is 35.5. The Bertz CT molecular complexity index is 1140. The molecule has 0 aromatic heterocycles. The third-order valence-electron chi connectivity index (χ3n) is 4.73. The normalized spacial score (nSPS) is 12.5. The van der Waals surface area contributed by atoms with Gasteiger partial charge in [0.05, 0.1) is 27.5 Å². The van der Waals surface area contributed by atoms with Crippen molar-refractivity contribution in [3.63, 3.8) is 0 Å². The number of carbonyl (C=O) groups is 1. The molecule has 0 saturated carbocycles. The summed E-state index contributed by atoms with van der Waals surface area (Å²) in [6.07, 6.45) is 0. The maximum Gasteiger partial charge on any atom is 0.243 e. The summed E-state index contributed by atoms with van der Waals surface area (Å²) in [5, 5.41) is 3.25. The van der Waals surface area contributed by atoms with E-state index in [2.05, 4.69) is 5.32 Å². The zero-order chi connectivity index (χ0) is 22.4. The Morgan fingerprint density at radius 1 is 0.935 bits per heavy atom. The molecule has 8 heteroatoms. The van der Waals surface area contributed by atoms with Crippen LogP contribution in [0.25, 0.3) is 0 Å². The van der Waals surface area contributed by atoms with Crippen molar-refractivity contribution >= 4 is 39.1 Å². The lowest BCUT2D eigenvalue weighted by atomic mass is 10.1. The summed E-state index contributed by atoms with van der Waals surface area (Å²) in [4.78, 5) is 12.7. The third-order valence-corrected chi connectivity index (χ3v) is 7.25. The van der Waals surface area contributed by atoms with Crippen molar-refractivity contribution in [2.24, 2.45) is 0 Å². The fraction of sp³-hybridized carbons (Fsp3) is 0.174. The van der Waals surface area contributed by atoms with Crippen LogP contribution in [0.3, 0.4) is 0 Å². The first-order chi connectivity index (χ1) is 14.8. The van der Waals surface area contributed by atoms with Crippen molar-refractivity contribution in [3.05, 3.63) is 100 Å². The molecule has 31 heavy (non-hydrogen) atoms. The molecule has 0 heterocycles.